The maximum atomic E-state index is 12.7. The summed E-state index contributed by atoms with van der Waals surface area (Å²) in [5.74, 6) is -1.02. The van der Waals surface area contributed by atoms with Crippen LogP contribution in [-0.2, 0) is 16.6 Å². The van der Waals surface area contributed by atoms with Crippen LogP contribution in [0.2, 0.25) is 0 Å². The van der Waals surface area contributed by atoms with Crippen LogP contribution in [0, 0.1) is 0 Å². The summed E-state index contributed by atoms with van der Waals surface area (Å²) in [6.07, 6.45) is 4.94. The van der Waals surface area contributed by atoms with Crippen molar-refractivity contribution in [3.63, 3.8) is 0 Å². The van der Waals surface area contributed by atoms with Gasteiger partial charge >= 0.3 is 16.2 Å². The van der Waals surface area contributed by atoms with Crippen molar-refractivity contribution in [1.29, 1.82) is 0 Å². The first-order valence-electron chi connectivity index (χ1n) is 6.80. The van der Waals surface area contributed by atoms with Gasteiger partial charge in [0.15, 0.2) is 0 Å². The second kappa shape index (κ2) is 5.16. The van der Waals surface area contributed by atoms with Crippen LogP contribution in [0.5, 0.6) is 0 Å². The lowest BCUT2D eigenvalue weighted by atomic mass is 10.1. The summed E-state index contributed by atoms with van der Waals surface area (Å²) in [4.78, 5) is 11.2. The molecule has 2 heterocycles. The van der Waals surface area contributed by atoms with Crippen LogP contribution in [0.3, 0.4) is 0 Å². The molecular formula is C14H16N2O4S. The minimum atomic E-state index is -3.60. The third-order valence-electron chi connectivity index (χ3n) is 3.84. The molecule has 0 radical (unpaired) electrons. The summed E-state index contributed by atoms with van der Waals surface area (Å²) < 4.78 is 28.2. The van der Waals surface area contributed by atoms with Crippen molar-refractivity contribution in [2.45, 2.75) is 12.8 Å². The van der Waals surface area contributed by atoms with E-state index in [0.717, 1.165) is 0 Å². The van der Waals surface area contributed by atoms with E-state index in [0.29, 0.717) is 43.7 Å². The number of aromatic carboxylic acids is 1. The third-order valence-corrected chi connectivity index (χ3v) is 5.76. The zero-order chi connectivity index (χ0) is 15.0. The van der Waals surface area contributed by atoms with Crippen molar-refractivity contribution in [1.82, 2.24) is 4.31 Å². The van der Waals surface area contributed by atoms with Gasteiger partial charge in [0.2, 0.25) is 0 Å². The fraction of sp³-hybridized carbons (Fsp3) is 0.357. The average Bonchev–Trinajstić information content (AvgIpc) is 2.92. The van der Waals surface area contributed by atoms with Crippen molar-refractivity contribution in [3.8, 4) is 0 Å². The van der Waals surface area contributed by atoms with E-state index in [-0.39, 0.29) is 5.56 Å². The highest BCUT2D eigenvalue weighted by molar-refractivity contribution is 7.90. The van der Waals surface area contributed by atoms with Crippen LogP contribution < -0.4 is 4.31 Å². The number of nitrogens with zero attached hydrogens (tertiary/aromatic N) is 2. The van der Waals surface area contributed by atoms with Gasteiger partial charge in [-0.05, 0) is 30.5 Å². The van der Waals surface area contributed by atoms with Gasteiger partial charge in [-0.3, -0.25) is 4.31 Å². The van der Waals surface area contributed by atoms with Crippen molar-refractivity contribution < 1.29 is 18.3 Å². The Morgan fingerprint density at radius 2 is 2.00 bits per heavy atom. The molecule has 6 nitrogen and oxygen atoms in total. The molecule has 0 aliphatic carbocycles. The topological polar surface area (TPSA) is 77.9 Å². The number of benzene rings is 1. The van der Waals surface area contributed by atoms with Crippen LogP contribution in [0.15, 0.2) is 30.4 Å². The highest BCUT2D eigenvalue weighted by Gasteiger charge is 2.35. The van der Waals surface area contributed by atoms with Gasteiger partial charge in [0.05, 0.1) is 11.3 Å². The van der Waals surface area contributed by atoms with E-state index in [1.54, 1.807) is 12.1 Å². The second-order valence-corrected chi connectivity index (χ2v) is 6.91. The Morgan fingerprint density at radius 1 is 1.19 bits per heavy atom. The van der Waals surface area contributed by atoms with E-state index in [2.05, 4.69) is 0 Å². The maximum Gasteiger partial charge on any atom is 0.336 e. The standard InChI is InChI=1S/C14H16N2O4S/c17-14(18)12-5-4-6-13-11(12)7-10-16(13)21(19,20)15-8-2-1-3-9-15/h1-2,4-6H,3,7-10H2,(H,17,18). The molecular weight excluding hydrogens is 292 g/mol. The summed E-state index contributed by atoms with van der Waals surface area (Å²) >= 11 is 0. The molecule has 7 heteroatoms. The van der Waals surface area contributed by atoms with Gasteiger partial charge in [-0.2, -0.15) is 12.7 Å². The number of carboxylic acids is 1. The second-order valence-electron chi connectivity index (χ2n) is 5.06. The minimum Gasteiger partial charge on any atom is -0.478 e. The molecule has 1 aromatic carbocycles. The van der Waals surface area contributed by atoms with Crippen molar-refractivity contribution in [3.05, 3.63) is 41.5 Å². The molecule has 0 fully saturated rings. The number of anilines is 1. The Hall–Kier alpha value is -1.86. The lowest BCUT2D eigenvalue weighted by Crippen LogP contribution is -2.44. The Kier molecular flexibility index (Phi) is 3.46. The fourth-order valence-corrected chi connectivity index (χ4v) is 4.44. The predicted molar refractivity (Wildman–Crippen MR) is 78.7 cm³/mol. The molecule has 1 N–H and O–H groups in total. The normalized spacial score (nSPS) is 18.8. The molecule has 0 spiro atoms. The van der Waals surface area contributed by atoms with Crippen LogP contribution in [0.25, 0.3) is 0 Å². The molecule has 21 heavy (non-hydrogen) atoms. The molecule has 112 valence electrons. The zero-order valence-electron chi connectivity index (χ0n) is 11.4. The van der Waals surface area contributed by atoms with Crippen LogP contribution >= 0.6 is 0 Å². The zero-order valence-corrected chi connectivity index (χ0v) is 12.2. The van der Waals surface area contributed by atoms with Crippen molar-refractivity contribution in [2.24, 2.45) is 0 Å². The molecule has 0 unspecified atom stereocenters. The Bertz CT molecular complexity index is 712. The number of rotatable bonds is 3. The quantitative estimate of drug-likeness (QED) is 0.853. The van der Waals surface area contributed by atoms with E-state index in [1.165, 1.54) is 14.7 Å². The van der Waals surface area contributed by atoms with E-state index >= 15 is 0 Å². The summed E-state index contributed by atoms with van der Waals surface area (Å²) in [7, 11) is -3.60. The number of carboxylic acid groups (broad SMARTS) is 1. The molecule has 0 aromatic heterocycles. The lowest BCUT2D eigenvalue weighted by molar-refractivity contribution is 0.0696. The molecule has 0 bridgehead atoms. The largest absolute Gasteiger partial charge is 0.478 e. The van der Waals surface area contributed by atoms with E-state index in [9.17, 15) is 18.3 Å². The Labute approximate surface area is 123 Å². The number of fused-ring (bicyclic) bond motifs is 1. The van der Waals surface area contributed by atoms with Gasteiger partial charge in [-0.25, -0.2) is 4.79 Å². The predicted octanol–water partition coefficient (Wildman–Crippen LogP) is 1.25. The molecule has 2 aliphatic rings. The molecule has 0 saturated heterocycles. The highest BCUT2D eigenvalue weighted by Crippen LogP contribution is 2.34. The van der Waals surface area contributed by atoms with Gasteiger partial charge < -0.3 is 5.11 Å². The Balaban J connectivity index is 1.99. The summed E-state index contributed by atoms with van der Waals surface area (Å²) in [5, 5.41) is 9.20. The Morgan fingerprint density at radius 3 is 2.67 bits per heavy atom. The molecule has 1 aromatic rings. The maximum absolute atomic E-state index is 12.7. The van der Waals surface area contributed by atoms with Gasteiger partial charge in [0, 0.05) is 19.6 Å². The summed E-state index contributed by atoms with van der Waals surface area (Å²) in [6, 6.07) is 4.78. The summed E-state index contributed by atoms with van der Waals surface area (Å²) in [6.45, 7) is 1.12. The molecule has 2 aliphatic heterocycles. The fourth-order valence-electron chi connectivity index (χ4n) is 2.81. The van der Waals surface area contributed by atoms with E-state index < -0.39 is 16.2 Å². The first-order chi connectivity index (χ1) is 10.0. The molecule has 3 rings (SSSR count). The smallest absolute Gasteiger partial charge is 0.336 e. The monoisotopic (exact) mass is 308 g/mol. The SMILES string of the molecule is O=C(O)c1cccc2c1CCN2S(=O)(=O)N1CC=CCC1. The van der Waals surface area contributed by atoms with Gasteiger partial charge in [0.25, 0.3) is 0 Å². The lowest BCUT2D eigenvalue weighted by Gasteiger charge is -2.29. The first kappa shape index (κ1) is 14.1. The van der Waals surface area contributed by atoms with Crippen LogP contribution in [-0.4, -0.2) is 43.4 Å². The number of carbonyl (C=O) groups is 1. The number of hydrogen-bond donors (Lipinski definition) is 1. The van der Waals surface area contributed by atoms with Gasteiger partial charge in [-0.15, -0.1) is 0 Å². The highest BCUT2D eigenvalue weighted by atomic mass is 32.2. The van der Waals surface area contributed by atoms with E-state index in [4.69, 9.17) is 0 Å². The average molecular weight is 308 g/mol. The molecule has 0 atom stereocenters. The third kappa shape index (κ3) is 2.32. The van der Waals surface area contributed by atoms with Crippen LogP contribution in [0.4, 0.5) is 5.69 Å². The molecule has 0 saturated carbocycles. The minimum absolute atomic E-state index is 0.184. The van der Waals surface area contributed by atoms with Gasteiger partial charge in [0.1, 0.15) is 0 Å². The first-order valence-corrected chi connectivity index (χ1v) is 8.19. The van der Waals surface area contributed by atoms with Crippen molar-refractivity contribution >= 4 is 21.9 Å². The van der Waals surface area contributed by atoms with Gasteiger partial charge in [-0.1, -0.05) is 18.2 Å². The van der Waals surface area contributed by atoms with Crippen LogP contribution in [0.1, 0.15) is 22.3 Å². The summed E-state index contributed by atoms with van der Waals surface area (Å²) in [5.41, 5.74) is 1.27. The van der Waals surface area contributed by atoms with Crippen molar-refractivity contribution in [2.75, 3.05) is 23.9 Å². The number of hydrogen-bond acceptors (Lipinski definition) is 3. The molecule has 0 amide bonds. The van der Waals surface area contributed by atoms with E-state index in [1.807, 2.05) is 12.2 Å².